The lowest BCUT2D eigenvalue weighted by Gasteiger charge is -1.91. The Balaban J connectivity index is 0.000000221. The van der Waals surface area contributed by atoms with Gasteiger partial charge in [0.1, 0.15) is 4.90 Å². The smallest absolute Gasteiger partial charge is 0.266 e. The molecule has 0 bridgehead atoms. The number of sulfonamides is 1. The summed E-state index contributed by atoms with van der Waals surface area (Å²) < 4.78 is 29.0. The van der Waals surface area contributed by atoms with E-state index in [1.54, 1.807) is 12.1 Å². The second kappa shape index (κ2) is 12.3. The van der Waals surface area contributed by atoms with Crippen LogP contribution in [-0.2, 0) is 14.8 Å². The van der Waals surface area contributed by atoms with Gasteiger partial charge in [0.05, 0.1) is 5.56 Å². The Bertz CT molecular complexity index is 834. The van der Waals surface area contributed by atoms with Crippen molar-refractivity contribution in [2.24, 2.45) is 0 Å². The van der Waals surface area contributed by atoms with Crippen LogP contribution in [0.15, 0.2) is 65.6 Å². The lowest BCUT2D eigenvalue weighted by molar-refractivity contribution is 0.0985. The third-order valence-electron chi connectivity index (χ3n) is 3.26. The molecule has 5 nitrogen and oxygen atoms in total. The number of alkyl halides is 1. The molecule has 1 heterocycles. The van der Waals surface area contributed by atoms with Gasteiger partial charge in [-0.05, 0) is 31.5 Å². The molecule has 0 saturated carbocycles. The SMILES string of the molecule is CCOCC.ClC/C=C/c1ccccc1.O=C1NS(=O)(=O)c2ccccc21. The number of benzene rings is 2. The van der Waals surface area contributed by atoms with Crippen LogP contribution in [-0.4, -0.2) is 33.4 Å². The maximum absolute atomic E-state index is 11.1. The topological polar surface area (TPSA) is 72.5 Å². The van der Waals surface area contributed by atoms with E-state index in [0.717, 1.165) is 13.2 Å². The van der Waals surface area contributed by atoms with E-state index in [0.29, 0.717) is 5.88 Å². The van der Waals surface area contributed by atoms with Gasteiger partial charge in [-0.3, -0.25) is 4.79 Å². The van der Waals surface area contributed by atoms with Crippen molar-refractivity contribution in [2.75, 3.05) is 19.1 Å². The van der Waals surface area contributed by atoms with Crippen molar-refractivity contribution in [3.63, 3.8) is 0 Å². The molecule has 0 aliphatic carbocycles. The van der Waals surface area contributed by atoms with Crippen LogP contribution in [0.1, 0.15) is 29.8 Å². The summed E-state index contributed by atoms with van der Waals surface area (Å²) in [5.41, 5.74) is 1.42. The Morgan fingerprint density at radius 3 is 2.11 bits per heavy atom. The summed E-state index contributed by atoms with van der Waals surface area (Å²) in [5, 5.41) is 0. The monoisotopic (exact) mass is 409 g/mol. The van der Waals surface area contributed by atoms with Crippen LogP contribution in [0.3, 0.4) is 0 Å². The highest BCUT2D eigenvalue weighted by Crippen LogP contribution is 2.20. The Kier molecular flexibility index (Phi) is 10.4. The van der Waals surface area contributed by atoms with Crippen LogP contribution in [0.25, 0.3) is 6.08 Å². The molecular weight excluding hydrogens is 386 g/mol. The first-order valence-corrected chi connectivity index (χ1v) is 10.5. The van der Waals surface area contributed by atoms with Gasteiger partial charge in [-0.1, -0.05) is 54.6 Å². The first-order chi connectivity index (χ1) is 13.0. The van der Waals surface area contributed by atoms with Crippen molar-refractivity contribution >= 4 is 33.6 Å². The number of ether oxygens (including phenoxy) is 1. The van der Waals surface area contributed by atoms with Crippen molar-refractivity contribution in [3.05, 3.63) is 71.8 Å². The zero-order chi connectivity index (χ0) is 20.1. The maximum Gasteiger partial charge on any atom is 0.266 e. The molecule has 0 spiro atoms. The van der Waals surface area contributed by atoms with Crippen LogP contribution >= 0.6 is 11.6 Å². The molecule has 27 heavy (non-hydrogen) atoms. The predicted octanol–water partition coefficient (Wildman–Crippen LogP) is 4.10. The normalized spacial score (nSPS) is 13.7. The van der Waals surface area contributed by atoms with Crippen molar-refractivity contribution in [1.29, 1.82) is 0 Å². The van der Waals surface area contributed by atoms with E-state index >= 15 is 0 Å². The molecule has 0 radical (unpaired) electrons. The van der Waals surface area contributed by atoms with Crippen molar-refractivity contribution in [3.8, 4) is 0 Å². The molecule has 3 rings (SSSR count). The molecule has 0 atom stereocenters. The minimum atomic E-state index is -3.55. The summed E-state index contributed by atoms with van der Waals surface area (Å²) in [4.78, 5) is 11.1. The van der Waals surface area contributed by atoms with Gasteiger partial charge in [0.25, 0.3) is 15.9 Å². The van der Waals surface area contributed by atoms with Crippen LogP contribution < -0.4 is 4.72 Å². The van der Waals surface area contributed by atoms with Crippen molar-refractivity contribution < 1.29 is 17.9 Å². The standard InChI is InChI=1S/C9H9Cl.C7H5NO3S.C4H10O/c10-8-4-7-9-5-2-1-3-6-9;9-7-5-3-1-2-4-6(5)12(10,11)8-7;1-3-5-4-2/h1-7H,8H2;1-4H,(H,8,9);3-4H2,1-2H3/b7-4+;;. The Morgan fingerprint density at radius 2 is 1.59 bits per heavy atom. The maximum atomic E-state index is 11.1. The van der Waals surface area contributed by atoms with Gasteiger partial charge in [-0.2, -0.15) is 0 Å². The Morgan fingerprint density at radius 1 is 1.00 bits per heavy atom. The summed E-state index contributed by atoms with van der Waals surface area (Å²) in [5.74, 6) is 0.0279. The van der Waals surface area contributed by atoms with Crippen LogP contribution in [0.5, 0.6) is 0 Å². The van der Waals surface area contributed by atoms with Gasteiger partial charge in [-0.25, -0.2) is 13.1 Å². The third-order valence-corrected chi connectivity index (χ3v) is 4.82. The van der Waals surface area contributed by atoms with Crippen molar-refractivity contribution in [2.45, 2.75) is 18.7 Å². The van der Waals surface area contributed by atoms with Gasteiger partial charge in [-0.15, -0.1) is 11.6 Å². The Labute approximate surface area is 166 Å². The van der Waals surface area contributed by atoms with Crippen molar-refractivity contribution in [1.82, 2.24) is 4.72 Å². The number of hydrogen-bond donors (Lipinski definition) is 1. The van der Waals surface area contributed by atoms with Gasteiger partial charge in [0.2, 0.25) is 0 Å². The second-order valence-electron chi connectivity index (χ2n) is 5.18. The average molecular weight is 410 g/mol. The fraction of sp³-hybridized carbons (Fsp3) is 0.250. The molecule has 0 unspecified atom stereocenters. The molecule has 0 aromatic heterocycles. The molecular formula is C20H24ClNO4S. The molecule has 2 aromatic rings. The Hall–Kier alpha value is -2.15. The summed E-state index contributed by atoms with van der Waals surface area (Å²) >= 11 is 5.46. The number of hydrogen-bond acceptors (Lipinski definition) is 4. The fourth-order valence-electron chi connectivity index (χ4n) is 2.07. The number of fused-ring (bicyclic) bond motifs is 1. The number of allylic oxidation sites excluding steroid dienone is 1. The second-order valence-corrected chi connectivity index (χ2v) is 7.14. The van der Waals surface area contributed by atoms with E-state index < -0.39 is 15.9 Å². The average Bonchev–Trinajstić information content (AvgIpc) is 2.92. The largest absolute Gasteiger partial charge is 0.382 e. The summed E-state index contributed by atoms with van der Waals surface area (Å²) in [7, 11) is -3.55. The molecule has 2 aromatic carbocycles. The molecule has 0 fully saturated rings. The van der Waals surface area contributed by atoms with Gasteiger partial charge < -0.3 is 4.74 Å². The van der Waals surface area contributed by atoms with E-state index in [1.165, 1.54) is 17.7 Å². The minimum Gasteiger partial charge on any atom is -0.382 e. The first kappa shape index (κ1) is 22.9. The zero-order valence-corrected chi connectivity index (χ0v) is 17.0. The highest BCUT2D eigenvalue weighted by Gasteiger charge is 2.31. The minimum absolute atomic E-state index is 0.0648. The number of rotatable bonds is 4. The lowest BCUT2D eigenvalue weighted by Crippen LogP contribution is -2.20. The summed E-state index contributed by atoms with van der Waals surface area (Å²) in [6.45, 7) is 5.67. The molecule has 1 N–H and O–H groups in total. The molecule has 0 saturated heterocycles. The fourth-order valence-corrected chi connectivity index (χ4v) is 3.33. The van der Waals surface area contributed by atoms with E-state index in [2.05, 4.69) is 0 Å². The van der Waals surface area contributed by atoms with Crippen LogP contribution in [0.2, 0.25) is 0 Å². The number of amides is 1. The third kappa shape index (κ3) is 7.95. The number of carbonyl (C=O) groups is 1. The molecule has 146 valence electrons. The summed E-state index contributed by atoms with van der Waals surface area (Å²) in [6, 6.07) is 16.2. The van der Waals surface area contributed by atoms with Crippen LogP contribution in [0.4, 0.5) is 0 Å². The predicted molar refractivity (Wildman–Crippen MR) is 109 cm³/mol. The van der Waals surface area contributed by atoms with E-state index in [9.17, 15) is 13.2 Å². The molecule has 1 aliphatic heterocycles. The summed E-state index contributed by atoms with van der Waals surface area (Å²) in [6.07, 6.45) is 3.93. The van der Waals surface area contributed by atoms with E-state index in [1.807, 2.05) is 61.1 Å². The quantitative estimate of drug-likeness (QED) is 0.771. The number of carbonyl (C=O) groups excluding carboxylic acids is 1. The van der Waals surface area contributed by atoms with Gasteiger partial charge >= 0.3 is 0 Å². The van der Waals surface area contributed by atoms with Gasteiger partial charge in [0, 0.05) is 19.1 Å². The highest BCUT2D eigenvalue weighted by atomic mass is 35.5. The molecule has 7 heteroatoms. The zero-order valence-electron chi connectivity index (χ0n) is 15.4. The van der Waals surface area contributed by atoms with Gasteiger partial charge in [0.15, 0.2) is 0 Å². The highest BCUT2D eigenvalue weighted by molar-refractivity contribution is 7.90. The number of halogens is 1. The van der Waals surface area contributed by atoms with E-state index in [-0.39, 0.29) is 10.5 Å². The van der Waals surface area contributed by atoms with E-state index in [4.69, 9.17) is 16.3 Å². The lowest BCUT2D eigenvalue weighted by atomic mass is 10.2. The molecule has 1 amide bonds. The van der Waals surface area contributed by atoms with Crippen LogP contribution in [0, 0.1) is 0 Å². The first-order valence-electron chi connectivity index (χ1n) is 8.47. The number of nitrogens with one attached hydrogen (secondary N) is 1. The molecule has 1 aliphatic rings.